The standard InChI is InChI=1S/C13H20FNO/c1-10(16-2)7-12(9-15)8-11-3-5-13(14)6-4-11/h3-6,10,12H,7-9,15H2,1-2H3. The van der Waals surface area contributed by atoms with Gasteiger partial charge in [0.15, 0.2) is 0 Å². The van der Waals surface area contributed by atoms with Crippen LogP contribution in [0.3, 0.4) is 0 Å². The molecule has 2 unspecified atom stereocenters. The molecule has 0 aliphatic rings. The molecule has 0 fully saturated rings. The van der Waals surface area contributed by atoms with Gasteiger partial charge in [0, 0.05) is 7.11 Å². The van der Waals surface area contributed by atoms with Crippen molar-refractivity contribution < 1.29 is 9.13 Å². The summed E-state index contributed by atoms with van der Waals surface area (Å²) in [6, 6.07) is 6.61. The first-order valence-corrected chi connectivity index (χ1v) is 5.63. The third kappa shape index (κ3) is 4.29. The average molecular weight is 225 g/mol. The molecule has 0 amide bonds. The maximum Gasteiger partial charge on any atom is 0.123 e. The van der Waals surface area contributed by atoms with Crippen LogP contribution in [0.5, 0.6) is 0 Å². The maximum absolute atomic E-state index is 12.7. The second-order valence-electron chi connectivity index (χ2n) is 4.21. The predicted molar refractivity (Wildman–Crippen MR) is 63.7 cm³/mol. The molecule has 0 aliphatic carbocycles. The van der Waals surface area contributed by atoms with Crippen LogP contribution in [0.4, 0.5) is 4.39 Å². The lowest BCUT2D eigenvalue weighted by molar-refractivity contribution is 0.0959. The molecule has 2 atom stereocenters. The minimum Gasteiger partial charge on any atom is -0.382 e. The Labute approximate surface area is 96.6 Å². The molecule has 0 spiro atoms. The van der Waals surface area contributed by atoms with Gasteiger partial charge in [0.25, 0.3) is 0 Å². The van der Waals surface area contributed by atoms with Gasteiger partial charge in [-0.15, -0.1) is 0 Å². The summed E-state index contributed by atoms with van der Waals surface area (Å²) in [5.41, 5.74) is 6.85. The maximum atomic E-state index is 12.7. The van der Waals surface area contributed by atoms with E-state index < -0.39 is 0 Å². The minimum atomic E-state index is -0.196. The van der Waals surface area contributed by atoms with E-state index >= 15 is 0 Å². The van der Waals surface area contributed by atoms with E-state index in [1.54, 1.807) is 7.11 Å². The molecule has 0 aliphatic heterocycles. The highest BCUT2D eigenvalue weighted by Crippen LogP contribution is 2.15. The zero-order valence-electron chi connectivity index (χ0n) is 9.95. The Morgan fingerprint density at radius 2 is 1.94 bits per heavy atom. The van der Waals surface area contributed by atoms with Crippen LogP contribution in [0.15, 0.2) is 24.3 Å². The van der Waals surface area contributed by atoms with Crippen molar-refractivity contribution in [3.63, 3.8) is 0 Å². The zero-order chi connectivity index (χ0) is 12.0. The van der Waals surface area contributed by atoms with E-state index in [1.165, 1.54) is 12.1 Å². The molecule has 1 aromatic rings. The fourth-order valence-electron chi connectivity index (χ4n) is 1.78. The Hall–Kier alpha value is -0.930. The second kappa shape index (κ2) is 6.61. The summed E-state index contributed by atoms with van der Waals surface area (Å²) in [6.45, 7) is 2.67. The molecular weight excluding hydrogens is 205 g/mol. The molecule has 2 nitrogen and oxygen atoms in total. The summed E-state index contributed by atoms with van der Waals surface area (Å²) in [7, 11) is 1.70. The van der Waals surface area contributed by atoms with Crippen LogP contribution in [0.25, 0.3) is 0 Å². The van der Waals surface area contributed by atoms with E-state index in [2.05, 4.69) is 0 Å². The van der Waals surface area contributed by atoms with Gasteiger partial charge in [-0.2, -0.15) is 0 Å². The molecule has 0 bridgehead atoms. The summed E-state index contributed by atoms with van der Waals surface area (Å²) >= 11 is 0. The van der Waals surface area contributed by atoms with Crippen molar-refractivity contribution >= 4 is 0 Å². The van der Waals surface area contributed by atoms with Crippen molar-refractivity contribution in [1.29, 1.82) is 0 Å². The Morgan fingerprint density at radius 1 is 1.31 bits per heavy atom. The van der Waals surface area contributed by atoms with Crippen molar-refractivity contribution in [1.82, 2.24) is 0 Å². The van der Waals surface area contributed by atoms with Gasteiger partial charge in [-0.05, 0) is 49.9 Å². The topological polar surface area (TPSA) is 35.2 Å². The van der Waals surface area contributed by atoms with Crippen molar-refractivity contribution in [3.8, 4) is 0 Å². The average Bonchev–Trinajstić information content (AvgIpc) is 2.30. The summed E-state index contributed by atoms with van der Waals surface area (Å²) in [5.74, 6) is 0.193. The van der Waals surface area contributed by atoms with Gasteiger partial charge >= 0.3 is 0 Å². The van der Waals surface area contributed by atoms with Crippen LogP contribution in [-0.4, -0.2) is 19.8 Å². The molecule has 16 heavy (non-hydrogen) atoms. The lowest BCUT2D eigenvalue weighted by Crippen LogP contribution is -2.22. The molecular formula is C13H20FNO. The van der Waals surface area contributed by atoms with Crippen molar-refractivity contribution in [3.05, 3.63) is 35.6 Å². The first-order valence-electron chi connectivity index (χ1n) is 5.63. The number of methoxy groups -OCH3 is 1. The van der Waals surface area contributed by atoms with Gasteiger partial charge in [-0.25, -0.2) is 4.39 Å². The van der Waals surface area contributed by atoms with Crippen LogP contribution in [-0.2, 0) is 11.2 Å². The molecule has 0 saturated heterocycles. The van der Waals surface area contributed by atoms with Gasteiger partial charge in [0.2, 0.25) is 0 Å². The van der Waals surface area contributed by atoms with Gasteiger partial charge in [0.1, 0.15) is 5.82 Å². The SMILES string of the molecule is COC(C)CC(CN)Cc1ccc(F)cc1. The molecule has 0 saturated carbocycles. The van der Waals surface area contributed by atoms with Crippen LogP contribution >= 0.6 is 0 Å². The number of ether oxygens (including phenoxy) is 1. The van der Waals surface area contributed by atoms with E-state index in [-0.39, 0.29) is 11.9 Å². The van der Waals surface area contributed by atoms with Gasteiger partial charge in [0.05, 0.1) is 6.10 Å². The summed E-state index contributed by atoms with van der Waals surface area (Å²) in [4.78, 5) is 0. The van der Waals surface area contributed by atoms with Crippen LogP contribution in [0.2, 0.25) is 0 Å². The zero-order valence-corrected chi connectivity index (χ0v) is 9.95. The Kier molecular flexibility index (Phi) is 5.43. The largest absolute Gasteiger partial charge is 0.382 e. The number of nitrogens with two attached hydrogens (primary N) is 1. The Balaban J connectivity index is 2.52. The van der Waals surface area contributed by atoms with Crippen LogP contribution in [0.1, 0.15) is 18.9 Å². The van der Waals surface area contributed by atoms with E-state index in [0.717, 1.165) is 18.4 Å². The highest BCUT2D eigenvalue weighted by Gasteiger charge is 2.12. The molecule has 3 heteroatoms. The number of rotatable bonds is 6. The summed E-state index contributed by atoms with van der Waals surface area (Å²) in [5, 5.41) is 0. The molecule has 90 valence electrons. The molecule has 2 N–H and O–H groups in total. The normalized spacial score (nSPS) is 14.8. The van der Waals surface area contributed by atoms with Crippen molar-refractivity contribution in [2.24, 2.45) is 11.7 Å². The van der Waals surface area contributed by atoms with E-state index in [4.69, 9.17) is 10.5 Å². The van der Waals surface area contributed by atoms with Gasteiger partial charge < -0.3 is 10.5 Å². The Bertz CT molecular complexity index is 299. The highest BCUT2D eigenvalue weighted by atomic mass is 19.1. The third-order valence-electron chi connectivity index (χ3n) is 2.84. The molecule has 1 aromatic carbocycles. The second-order valence-corrected chi connectivity index (χ2v) is 4.21. The van der Waals surface area contributed by atoms with Gasteiger partial charge in [-0.3, -0.25) is 0 Å². The number of hydrogen-bond donors (Lipinski definition) is 1. The number of hydrogen-bond acceptors (Lipinski definition) is 2. The third-order valence-corrected chi connectivity index (χ3v) is 2.84. The lowest BCUT2D eigenvalue weighted by Gasteiger charge is -2.18. The molecule has 0 heterocycles. The fourth-order valence-corrected chi connectivity index (χ4v) is 1.78. The van der Waals surface area contributed by atoms with Gasteiger partial charge in [-0.1, -0.05) is 12.1 Å². The first kappa shape index (κ1) is 13.1. The van der Waals surface area contributed by atoms with Crippen molar-refractivity contribution in [2.45, 2.75) is 25.9 Å². The van der Waals surface area contributed by atoms with E-state index in [9.17, 15) is 4.39 Å². The molecule has 1 rings (SSSR count). The van der Waals surface area contributed by atoms with E-state index in [1.807, 2.05) is 19.1 Å². The first-order chi connectivity index (χ1) is 7.65. The smallest absolute Gasteiger partial charge is 0.123 e. The number of halogens is 1. The number of benzene rings is 1. The monoisotopic (exact) mass is 225 g/mol. The predicted octanol–water partition coefficient (Wildman–Crippen LogP) is 2.37. The fraction of sp³-hybridized carbons (Fsp3) is 0.538. The minimum absolute atomic E-state index is 0.196. The van der Waals surface area contributed by atoms with Crippen molar-refractivity contribution in [2.75, 3.05) is 13.7 Å². The summed E-state index contributed by atoms with van der Waals surface area (Å²) < 4.78 is 17.9. The summed E-state index contributed by atoms with van der Waals surface area (Å²) in [6.07, 6.45) is 2.03. The Morgan fingerprint density at radius 3 is 2.44 bits per heavy atom. The highest BCUT2D eigenvalue weighted by molar-refractivity contribution is 5.16. The molecule has 0 aromatic heterocycles. The van der Waals surface area contributed by atoms with Crippen LogP contribution < -0.4 is 5.73 Å². The van der Waals surface area contributed by atoms with E-state index in [0.29, 0.717) is 12.5 Å². The quantitative estimate of drug-likeness (QED) is 0.806. The lowest BCUT2D eigenvalue weighted by atomic mass is 9.94. The molecule has 0 radical (unpaired) electrons. The van der Waals surface area contributed by atoms with Crippen LogP contribution in [0, 0.1) is 11.7 Å².